The van der Waals surface area contributed by atoms with Crippen LogP contribution in [-0.4, -0.2) is 30.1 Å². The maximum atomic E-state index is 11.0. The van der Waals surface area contributed by atoms with Gasteiger partial charge in [0.2, 0.25) is 0 Å². The molecule has 0 radical (unpaired) electrons. The van der Waals surface area contributed by atoms with Crippen molar-refractivity contribution in [2.24, 2.45) is 0 Å². The second-order valence-electron chi connectivity index (χ2n) is 3.26. The molecule has 0 amide bonds. The molecule has 3 nitrogen and oxygen atoms in total. The molecule has 0 saturated heterocycles. The second-order valence-corrected chi connectivity index (χ2v) is 3.69. The zero-order chi connectivity index (χ0) is 10.7. The van der Waals surface area contributed by atoms with Crippen molar-refractivity contribution in [2.75, 3.05) is 14.1 Å². The van der Waals surface area contributed by atoms with Gasteiger partial charge in [-0.1, -0.05) is 23.7 Å². The van der Waals surface area contributed by atoms with E-state index >= 15 is 0 Å². The van der Waals surface area contributed by atoms with E-state index in [1.54, 1.807) is 43.3 Å². The molecular weight excluding hydrogens is 237 g/mol. The summed E-state index contributed by atoms with van der Waals surface area (Å²) in [7, 11) is 3.46. The van der Waals surface area contributed by atoms with E-state index in [1.807, 2.05) is 0 Å². The molecule has 0 heterocycles. The molecule has 0 fully saturated rings. The lowest BCUT2D eigenvalue weighted by Crippen LogP contribution is -2.27. The Morgan fingerprint density at radius 1 is 1.33 bits per heavy atom. The standard InChI is InChI=1S/C10H12ClNO2.ClH/c1-12(2)9(10(13)14)7-3-5-8(11)6-4-7;/h3-6,9H,1-2H3,(H,13,14);1H/t9-;/m1./s1. The van der Waals surface area contributed by atoms with Crippen LogP contribution in [0.2, 0.25) is 5.02 Å². The molecule has 1 N–H and O–H groups in total. The first-order chi connectivity index (χ1) is 6.52. The SMILES string of the molecule is CN(C)[C@@H](C(=O)O)c1ccc(Cl)cc1.Cl. The number of aliphatic carboxylic acids is 1. The van der Waals surface area contributed by atoms with Crippen molar-refractivity contribution < 1.29 is 9.90 Å². The monoisotopic (exact) mass is 249 g/mol. The molecular formula is C10H13Cl2NO2. The molecule has 0 bridgehead atoms. The zero-order valence-electron chi connectivity index (χ0n) is 8.48. The van der Waals surface area contributed by atoms with Crippen molar-refractivity contribution in [2.45, 2.75) is 6.04 Å². The summed E-state index contributed by atoms with van der Waals surface area (Å²) in [5, 5.41) is 9.60. The molecule has 5 heteroatoms. The number of likely N-dealkylation sites (N-methyl/N-ethyl adjacent to an activating group) is 1. The molecule has 15 heavy (non-hydrogen) atoms. The molecule has 0 aliphatic carbocycles. The van der Waals surface area contributed by atoms with Crippen LogP contribution in [0.15, 0.2) is 24.3 Å². The fourth-order valence-corrected chi connectivity index (χ4v) is 1.43. The molecule has 0 aromatic heterocycles. The Morgan fingerprint density at radius 2 is 1.80 bits per heavy atom. The van der Waals surface area contributed by atoms with Gasteiger partial charge < -0.3 is 5.11 Å². The smallest absolute Gasteiger partial charge is 0.325 e. The van der Waals surface area contributed by atoms with Gasteiger partial charge in [0, 0.05) is 5.02 Å². The maximum absolute atomic E-state index is 11.0. The van der Waals surface area contributed by atoms with Gasteiger partial charge in [-0.2, -0.15) is 0 Å². The number of nitrogens with zero attached hydrogens (tertiary/aromatic N) is 1. The molecule has 0 unspecified atom stereocenters. The molecule has 1 aromatic carbocycles. The summed E-state index contributed by atoms with van der Waals surface area (Å²) in [4.78, 5) is 12.6. The average Bonchev–Trinajstić information content (AvgIpc) is 2.07. The van der Waals surface area contributed by atoms with Crippen LogP contribution in [0.4, 0.5) is 0 Å². The lowest BCUT2D eigenvalue weighted by Gasteiger charge is -2.20. The van der Waals surface area contributed by atoms with E-state index < -0.39 is 12.0 Å². The second kappa shape index (κ2) is 5.95. The Balaban J connectivity index is 0.00000196. The molecule has 0 aliphatic rings. The van der Waals surface area contributed by atoms with Gasteiger partial charge in [-0.3, -0.25) is 9.69 Å². The summed E-state index contributed by atoms with van der Waals surface area (Å²) in [5.74, 6) is -0.864. The van der Waals surface area contributed by atoms with Gasteiger partial charge in [0.15, 0.2) is 0 Å². The van der Waals surface area contributed by atoms with Crippen LogP contribution in [0.3, 0.4) is 0 Å². The highest BCUT2D eigenvalue weighted by atomic mass is 35.5. The molecule has 1 rings (SSSR count). The van der Waals surface area contributed by atoms with Crippen LogP contribution < -0.4 is 0 Å². The van der Waals surface area contributed by atoms with Crippen LogP contribution in [0.5, 0.6) is 0 Å². The normalized spacial score (nSPS) is 12.0. The lowest BCUT2D eigenvalue weighted by molar-refractivity contribution is -0.142. The number of hydrogen-bond acceptors (Lipinski definition) is 2. The highest BCUT2D eigenvalue weighted by molar-refractivity contribution is 6.30. The summed E-state index contributed by atoms with van der Waals surface area (Å²) in [6.45, 7) is 0. The quantitative estimate of drug-likeness (QED) is 0.895. The first-order valence-corrected chi connectivity index (χ1v) is 4.55. The van der Waals surface area contributed by atoms with Crippen molar-refractivity contribution in [3.63, 3.8) is 0 Å². The predicted octanol–water partition coefficient (Wildman–Crippen LogP) is 2.45. The highest BCUT2D eigenvalue weighted by Gasteiger charge is 2.21. The van der Waals surface area contributed by atoms with Gasteiger partial charge in [0.1, 0.15) is 6.04 Å². The Bertz CT molecular complexity index is 325. The Morgan fingerprint density at radius 3 is 2.13 bits per heavy atom. The Kier molecular flexibility index (Phi) is 5.65. The number of carboxylic acids is 1. The third-order valence-corrected chi connectivity index (χ3v) is 2.19. The summed E-state index contributed by atoms with van der Waals surface area (Å²) < 4.78 is 0. The van der Waals surface area contributed by atoms with Gasteiger partial charge in [0.05, 0.1) is 0 Å². The van der Waals surface area contributed by atoms with Gasteiger partial charge in [-0.05, 0) is 31.8 Å². The minimum Gasteiger partial charge on any atom is -0.480 e. The fourth-order valence-electron chi connectivity index (χ4n) is 1.31. The van der Waals surface area contributed by atoms with E-state index in [4.69, 9.17) is 16.7 Å². The highest BCUT2D eigenvalue weighted by Crippen LogP contribution is 2.20. The Labute approximate surface area is 100 Å². The van der Waals surface area contributed by atoms with E-state index in [2.05, 4.69) is 0 Å². The molecule has 0 saturated carbocycles. The first kappa shape index (κ1) is 14.2. The van der Waals surface area contributed by atoms with E-state index in [1.165, 1.54) is 0 Å². The number of benzene rings is 1. The lowest BCUT2D eigenvalue weighted by atomic mass is 10.1. The van der Waals surface area contributed by atoms with Crippen LogP contribution in [0, 0.1) is 0 Å². The number of carbonyl (C=O) groups is 1. The largest absolute Gasteiger partial charge is 0.480 e. The van der Waals surface area contributed by atoms with Gasteiger partial charge in [0.25, 0.3) is 0 Å². The molecule has 1 atom stereocenters. The molecule has 84 valence electrons. The minimum atomic E-state index is -0.864. The third kappa shape index (κ3) is 3.70. The number of carboxylic acid groups (broad SMARTS) is 1. The topological polar surface area (TPSA) is 40.5 Å². The molecule has 1 aromatic rings. The van der Waals surface area contributed by atoms with E-state index in [0.717, 1.165) is 5.56 Å². The summed E-state index contributed by atoms with van der Waals surface area (Å²) in [6.07, 6.45) is 0. The molecule has 0 spiro atoms. The third-order valence-electron chi connectivity index (χ3n) is 1.94. The first-order valence-electron chi connectivity index (χ1n) is 4.17. The van der Waals surface area contributed by atoms with Crippen molar-refractivity contribution in [1.29, 1.82) is 0 Å². The van der Waals surface area contributed by atoms with Crippen LogP contribution in [-0.2, 0) is 4.79 Å². The predicted molar refractivity (Wildman–Crippen MR) is 62.8 cm³/mol. The van der Waals surface area contributed by atoms with Gasteiger partial charge in [-0.25, -0.2) is 0 Å². The van der Waals surface area contributed by atoms with Crippen LogP contribution in [0.25, 0.3) is 0 Å². The number of halogens is 2. The van der Waals surface area contributed by atoms with Crippen LogP contribution >= 0.6 is 24.0 Å². The minimum absolute atomic E-state index is 0. The number of hydrogen-bond donors (Lipinski definition) is 1. The molecule has 0 aliphatic heterocycles. The summed E-state index contributed by atoms with van der Waals surface area (Å²) >= 11 is 5.71. The van der Waals surface area contributed by atoms with Crippen LogP contribution in [0.1, 0.15) is 11.6 Å². The Hall–Kier alpha value is -0.770. The van der Waals surface area contributed by atoms with E-state index in [9.17, 15) is 4.79 Å². The zero-order valence-corrected chi connectivity index (χ0v) is 10.0. The van der Waals surface area contributed by atoms with E-state index in [0.29, 0.717) is 5.02 Å². The maximum Gasteiger partial charge on any atom is 0.325 e. The van der Waals surface area contributed by atoms with Crippen molar-refractivity contribution in [1.82, 2.24) is 4.90 Å². The summed E-state index contributed by atoms with van der Waals surface area (Å²) in [6, 6.07) is 6.21. The summed E-state index contributed by atoms with van der Waals surface area (Å²) in [5.41, 5.74) is 0.729. The number of rotatable bonds is 3. The van der Waals surface area contributed by atoms with E-state index in [-0.39, 0.29) is 12.4 Å². The average molecular weight is 250 g/mol. The van der Waals surface area contributed by atoms with Gasteiger partial charge >= 0.3 is 5.97 Å². The van der Waals surface area contributed by atoms with Crippen molar-refractivity contribution in [3.05, 3.63) is 34.9 Å². The van der Waals surface area contributed by atoms with Crippen molar-refractivity contribution in [3.8, 4) is 0 Å². The fraction of sp³-hybridized carbons (Fsp3) is 0.300. The van der Waals surface area contributed by atoms with Gasteiger partial charge in [-0.15, -0.1) is 12.4 Å². The van der Waals surface area contributed by atoms with Crippen molar-refractivity contribution >= 4 is 30.0 Å².